The SMILES string of the molecule is CC[C@@H](N[C@@H](C)CC(C)=O)c1ccc(Cl)c(C(=O)c2ccns2)c1F. The van der Waals surface area contributed by atoms with Crippen LogP contribution in [-0.2, 0) is 4.79 Å². The van der Waals surface area contributed by atoms with Gasteiger partial charge in [-0.2, -0.15) is 0 Å². The topological polar surface area (TPSA) is 59.1 Å². The molecule has 0 aliphatic rings. The minimum Gasteiger partial charge on any atom is -0.307 e. The maximum absolute atomic E-state index is 15.1. The summed E-state index contributed by atoms with van der Waals surface area (Å²) in [5, 5.41) is 3.33. The van der Waals surface area contributed by atoms with Gasteiger partial charge in [0.05, 0.1) is 15.5 Å². The van der Waals surface area contributed by atoms with Gasteiger partial charge in [-0.15, -0.1) is 0 Å². The van der Waals surface area contributed by atoms with Crippen molar-refractivity contribution in [3.05, 3.63) is 51.2 Å². The van der Waals surface area contributed by atoms with Gasteiger partial charge in [0.2, 0.25) is 5.78 Å². The molecule has 0 radical (unpaired) electrons. The number of aromatic nitrogens is 1. The quantitative estimate of drug-likeness (QED) is 0.679. The summed E-state index contributed by atoms with van der Waals surface area (Å²) in [5.41, 5.74) is 0.234. The zero-order chi connectivity index (χ0) is 18.6. The Morgan fingerprint density at radius 3 is 2.64 bits per heavy atom. The average Bonchev–Trinajstić information content (AvgIpc) is 3.07. The number of ketones is 2. The summed E-state index contributed by atoms with van der Waals surface area (Å²) in [6.45, 7) is 5.31. The second kappa shape index (κ2) is 8.65. The first-order valence-electron chi connectivity index (χ1n) is 8.03. The Bertz CT molecular complexity index is 765. The van der Waals surface area contributed by atoms with Crippen LogP contribution in [0.1, 0.15) is 60.5 Å². The van der Waals surface area contributed by atoms with Crippen molar-refractivity contribution in [2.45, 2.75) is 45.7 Å². The predicted octanol–water partition coefficient (Wildman–Crippen LogP) is 4.57. The monoisotopic (exact) mass is 382 g/mol. The number of halogens is 2. The van der Waals surface area contributed by atoms with E-state index in [9.17, 15) is 9.59 Å². The fraction of sp³-hybridized carbons (Fsp3) is 0.389. The molecule has 0 aliphatic heterocycles. The number of benzene rings is 1. The van der Waals surface area contributed by atoms with E-state index in [1.54, 1.807) is 12.1 Å². The van der Waals surface area contributed by atoms with Crippen LogP contribution >= 0.6 is 23.1 Å². The summed E-state index contributed by atoms with van der Waals surface area (Å²) in [7, 11) is 0. The van der Waals surface area contributed by atoms with Crippen LogP contribution in [0, 0.1) is 5.82 Å². The molecule has 0 saturated carbocycles. The molecule has 2 atom stereocenters. The normalized spacial score (nSPS) is 13.5. The summed E-state index contributed by atoms with van der Waals surface area (Å²) in [4.78, 5) is 24.2. The van der Waals surface area contributed by atoms with Crippen molar-refractivity contribution in [2.75, 3.05) is 0 Å². The lowest BCUT2D eigenvalue weighted by molar-refractivity contribution is -0.117. The maximum atomic E-state index is 15.1. The molecule has 25 heavy (non-hydrogen) atoms. The van der Waals surface area contributed by atoms with Gasteiger partial charge in [-0.05, 0) is 43.9 Å². The second-order valence-electron chi connectivity index (χ2n) is 5.97. The maximum Gasteiger partial charge on any atom is 0.209 e. The van der Waals surface area contributed by atoms with Crippen LogP contribution in [0.25, 0.3) is 0 Å². The number of carbonyl (C=O) groups excluding carboxylic acids is 2. The first kappa shape index (κ1) is 19.7. The summed E-state index contributed by atoms with van der Waals surface area (Å²) in [6.07, 6.45) is 2.46. The van der Waals surface area contributed by atoms with Crippen molar-refractivity contribution in [2.24, 2.45) is 0 Å². The minimum absolute atomic E-state index is 0.0625. The second-order valence-corrected chi connectivity index (χ2v) is 7.21. The van der Waals surface area contributed by atoms with E-state index in [-0.39, 0.29) is 28.5 Å². The van der Waals surface area contributed by atoms with Gasteiger partial charge in [-0.25, -0.2) is 8.76 Å². The largest absolute Gasteiger partial charge is 0.307 e. The van der Waals surface area contributed by atoms with E-state index in [1.807, 2.05) is 13.8 Å². The van der Waals surface area contributed by atoms with Gasteiger partial charge in [0, 0.05) is 30.3 Å². The Morgan fingerprint density at radius 1 is 1.36 bits per heavy atom. The Hall–Kier alpha value is -1.63. The summed E-state index contributed by atoms with van der Waals surface area (Å²) in [6, 6.07) is 4.24. The first-order valence-corrected chi connectivity index (χ1v) is 9.19. The van der Waals surface area contributed by atoms with Crippen LogP contribution < -0.4 is 5.32 Å². The van der Waals surface area contributed by atoms with Crippen LogP contribution in [0.15, 0.2) is 24.4 Å². The average molecular weight is 383 g/mol. The van der Waals surface area contributed by atoms with E-state index in [0.29, 0.717) is 23.3 Å². The van der Waals surface area contributed by atoms with Crippen molar-refractivity contribution in [3.63, 3.8) is 0 Å². The van der Waals surface area contributed by atoms with Gasteiger partial charge >= 0.3 is 0 Å². The van der Waals surface area contributed by atoms with Crippen molar-refractivity contribution in [1.29, 1.82) is 0 Å². The van der Waals surface area contributed by atoms with E-state index in [2.05, 4.69) is 9.69 Å². The number of hydrogen-bond donors (Lipinski definition) is 1. The number of nitrogens with zero attached hydrogens (tertiary/aromatic N) is 1. The Labute approximate surface area is 155 Å². The lowest BCUT2D eigenvalue weighted by Crippen LogP contribution is -2.32. The Balaban J connectivity index is 2.36. The number of Topliss-reactive ketones (excluding diaryl/α,β-unsaturated/α-hetero) is 1. The van der Waals surface area contributed by atoms with Crippen molar-refractivity contribution in [3.8, 4) is 0 Å². The third-order valence-corrected chi connectivity index (χ3v) is 4.93. The Morgan fingerprint density at radius 2 is 2.08 bits per heavy atom. The molecule has 1 heterocycles. The predicted molar refractivity (Wildman–Crippen MR) is 97.9 cm³/mol. The number of hydrogen-bond acceptors (Lipinski definition) is 5. The van der Waals surface area contributed by atoms with Gasteiger partial charge in [-0.3, -0.25) is 9.59 Å². The highest BCUT2D eigenvalue weighted by Gasteiger charge is 2.25. The molecular formula is C18H20ClFN2O2S. The van der Waals surface area contributed by atoms with Gasteiger partial charge in [0.1, 0.15) is 11.6 Å². The van der Waals surface area contributed by atoms with Crippen molar-refractivity contribution < 1.29 is 14.0 Å². The van der Waals surface area contributed by atoms with Crippen molar-refractivity contribution in [1.82, 2.24) is 9.69 Å². The zero-order valence-corrected chi connectivity index (χ0v) is 15.9. The molecule has 0 amide bonds. The molecule has 0 saturated heterocycles. The molecule has 1 aromatic carbocycles. The molecule has 2 rings (SSSR count). The smallest absolute Gasteiger partial charge is 0.209 e. The zero-order valence-electron chi connectivity index (χ0n) is 14.3. The summed E-state index contributed by atoms with van der Waals surface area (Å²) in [5.74, 6) is -1.04. The van der Waals surface area contributed by atoms with Gasteiger partial charge in [0.15, 0.2) is 0 Å². The highest BCUT2D eigenvalue weighted by Crippen LogP contribution is 2.30. The van der Waals surface area contributed by atoms with E-state index in [1.165, 1.54) is 19.2 Å². The third kappa shape index (κ3) is 4.71. The molecule has 4 nitrogen and oxygen atoms in total. The molecule has 0 aliphatic carbocycles. The standard InChI is InChI=1S/C18H20ClFN2O2S/c1-4-14(22-10(2)9-11(3)23)12-5-6-13(19)16(17(12)20)18(24)15-7-8-21-25-15/h5-8,10,14,22H,4,9H2,1-3H3/t10-,14+/m0/s1. The van der Waals surface area contributed by atoms with Gasteiger partial charge in [0.25, 0.3) is 0 Å². The van der Waals surface area contributed by atoms with E-state index < -0.39 is 11.6 Å². The van der Waals surface area contributed by atoms with E-state index in [4.69, 9.17) is 11.6 Å². The molecule has 0 unspecified atom stereocenters. The van der Waals surface area contributed by atoms with Crippen LogP contribution in [-0.4, -0.2) is 22.0 Å². The van der Waals surface area contributed by atoms with E-state index >= 15 is 4.39 Å². The lowest BCUT2D eigenvalue weighted by atomic mass is 9.97. The van der Waals surface area contributed by atoms with Gasteiger partial charge < -0.3 is 5.32 Å². The van der Waals surface area contributed by atoms with Crippen LogP contribution in [0.2, 0.25) is 5.02 Å². The molecule has 1 N–H and O–H groups in total. The number of nitrogens with one attached hydrogen (secondary N) is 1. The Kier molecular flexibility index (Phi) is 6.81. The van der Waals surface area contributed by atoms with Crippen molar-refractivity contribution >= 4 is 34.7 Å². The highest BCUT2D eigenvalue weighted by molar-refractivity contribution is 7.08. The van der Waals surface area contributed by atoms with Crippen LogP contribution in [0.4, 0.5) is 4.39 Å². The lowest BCUT2D eigenvalue weighted by Gasteiger charge is -2.23. The van der Waals surface area contributed by atoms with E-state index in [0.717, 1.165) is 11.5 Å². The fourth-order valence-corrected chi connectivity index (χ4v) is 3.54. The van der Waals surface area contributed by atoms with Crippen LogP contribution in [0.5, 0.6) is 0 Å². The molecule has 2 aromatic rings. The molecule has 0 fully saturated rings. The molecule has 0 spiro atoms. The highest BCUT2D eigenvalue weighted by atomic mass is 35.5. The third-order valence-electron chi connectivity index (χ3n) is 3.87. The molecular weight excluding hydrogens is 363 g/mol. The molecule has 7 heteroatoms. The summed E-state index contributed by atoms with van der Waals surface area (Å²) < 4.78 is 19.0. The molecule has 0 bridgehead atoms. The van der Waals surface area contributed by atoms with Crippen LogP contribution in [0.3, 0.4) is 0 Å². The summed E-state index contributed by atoms with van der Waals surface area (Å²) >= 11 is 7.10. The van der Waals surface area contributed by atoms with Gasteiger partial charge in [-0.1, -0.05) is 24.6 Å². The molecule has 134 valence electrons. The number of rotatable bonds is 8. The number of carbonyl (C=O) groups is 2. The first-order chi connectivity index (χ1) is 11.8. The fourth-order valence-electron chi connectivity index (χ4n) is 2.76. The molecule has 1 aromatic heterocycles. The minimum atomic E-state index is -0.625.